The molecule has 3 amide bonds. The second-order valence-corrected chi connectivity index (χ2v) is 9.49. The Morgan fingerprint density at radius 3 is 2.37 bits per heavy atom. The quantitative estimate of drug-likeness (QED) is 0.273. The summed E-state index contributed by atoms with van der Waals surface area (Å²) in [5.74, 6) is -1.17. The van der Waals surface area contributed by atoms with Crippen molar-refractivity contribution in [2.75, 3.05) is 16.8 Å². The Kier molecular flexibility index (Phi) is 6.67. The Bertz CT molecular complexity index is 1580. The lowest BCUT2D eigenvalue weighted by Gasteiger charge is -2.10. The molecule has 10 nitrogen and oxygen atoms in total. The summed E-state index contributed by atoms with van der Waals surface area (Å²) in [6, 6.07) is 18.4. The van der Waals surface area contributed by atoms with E-state index in [1.807, 2.05) is 31.2 Å². The molecule has 0 radical (unpaired) electrons. The number of hydrogen-bond acceptors (Lipinski definition) is 9. The highest BCUT2D eigenvalue weighted by Crippen LogP contribution is 2.31. The predicted octanol–water partition coefficient (Wildman–Crippen LogP) is 4.54. The second-order valence-electron chi connectivity index (χ2n) is 8.33. The van der Waals surface area contributed by atoms with Gasteiger partial charge in [-0.3, -0.25) is 14.4 Å². The van der Waals surface area contributed by atoms with Gasteiger partial charge < -0.3 is 14.8 Å². The molecular weight excluding hydrogens is 508 g/mol. The van der Waals surface area contributed by atoms with Gasteiger partial charge in [0.25, 0.3) is 17.7 Å². The number of hydrogen-bond donors (Lipinski definition) is 1. The van der Waals surface area contributed by atoms with E-state index in [1.54, 1.807) is 31.2 Å². The van der Waals surface area contributed by atoms with Gasteiger partial charge in [-0.1, -0.05) is 29.5 Å². The van der Waals surface area contributed by atoms with Crippen molar-refractivity contribution >= 4 is 45.8 Å². The molecule has 4 aromatic rings. The minimum Gasteiger partial charge on any atom is -0.457 e. The van der Waals surface area contributed by atoms with Crippen LogP contribution in [-0.4, -0.2) is 40.5 Å². The van der Waals surface area contributed by atoms with Crippen LogP contribution >= 0.6 is 11.3 Å². The third-order valence-electron chi connectivity index (χ3n) is 5.62. The lowest BCUT2D eigenvalue weighted by Crippen LogP contribution is -2.29. The molecule has 0 bridgehead atoms. The third-order valence-corrected chi connectivity index (χ3v) is 6.45. The van der Waals surface area contributed by atoms with Crippen molar-refractivity contribution in [3.8, 4) is 11.5 Å². The van der Waals surface area contributed by atoms with Gasteiger partial charge in [0.1, 0.15) is 16.5 Å². The van der Waals surface area contributed by atoms with Crippen LogP contribution in [0, 0.1) is 13.8 Å². The predicted molar refractivity (Wildman–Crippen MR) is 139 cm³/mol. The van der Waals surface area contributed by atoms with Crippen LogP contribution < -0.4 is 15.0 Å². The average Bonchev–Trinajstić information content (AvgIpc) is 3.44. The molecule has 190 valence electrons. The highest BCUT2D eigenvalue weighted by atomic mass is 32.1. The van der Waals surface area contributed by atoms with E-state index in [0.717, 1.165) is 27.5 Å². The molecule has 1 aliphatic rings. The van der Waals surface area contributed by atoms with Crippen LogP contribution in [0.5, 0.6) is 11.5 Å². The first-order chi connectivity index (χ1) is 18.3. The molecule has 0 aliphatic carbocycles. The lowest BCUT2D eigenvalue weighted by atomic mass is 10.1. The smallest absolute Gasteiger partial charge is 0.338 e. The summed E-state index contributed by atoms with van der Waals surface area (Å²) in [5.41, 5.74) is 1.72. The monoisotopic (exact) mass is 528 g/mol. The molecule has 0 spiro atoms. The molecule has 0 fully saturated rings. The minimum absolute atomic E-state index is 0.0331. The molecule has 0 atom stereocenters. The number of esters is 1. The highest BCUT2D eigenvalue weighted by molar-refractivity contribution is 7.15. The Balaban J connectivity index is 1.17. The van der Waals surface area contributed by atoms with Gasteiger partial charge in [0.05, 0.1) is 16.7 Å². The number of benzene rings is 3. The highest BCUT2D eigenvalue weighted by Gasteiger charge is 2.39. The van der Waals surface area contributed by atoms with Crippen LogP contribution in [0.3, 0.4) is 0 Å². The number of nitrogens with one attached hydrogen (secondary N) is 1. The number of amides is 3. The van der Waals surface area contributed by atoms with Gasteiger partial charge in [0, 0.05) is 5.69 Å². The molecule has 1 N–H and O–H groups in total. The SMILES string of the molecule is Cc1nnc(N2C(=O)c3ccc(C(=O)OCC(=O)Nc4ccc(Oc5ccccc5C)cc4)cc3C2=O)s1. The standard InChI is InChI=1S/C27H20N4O6S/c1-15-5-3-4-6-22(15)37-19-10-8-18(9-11-19)28-23(32)14-36-26(35)17-7-12-20-21(13-17)25(34)31(24(20)33)27-30-29-16(2)38-27/h3-13H,14H2,1-2H3,(H,28,32). The van der Waals surface area contributed by atoms with Gasteiger partial charge in [-0.15, -0.1) is 10.2 Å². The van der Waals surface area contributed by atoms with Crippen molar-refractivity contribution in [1.29, 1.82) is 0 Å². The lowest BCUT2D eigenvalue weighted by molar-refractivity contribution is -0.119. The molecule has 0 unspecified atom stereocenters. The van der Waals surface area contributed by atoms with E-state index in [-0.39, 0.29) is 21.8 Å². The summed E-state index contributed by atoms with van der Waals surface area (Å²) in [6.07, 6.45) is 0. The van der Waals surface area contributed by atoms with E-state index in [0.29, 0.717) is 16.4 Å². The zero-order chi connectivity index (χ0) is 26.8. The van der Waals surface area contributed by atoms with E-state index in [9.17, 15) is 19.2 Å². The summed E-state index contributed by atoms with van der Waals surface area (Å²) < 4.78 is 10.9. The van der Waals surface area contributed by atoms with Gasteiger partial charge >= 0.3 is 5.97 Å². The first-order valence-corrected chi connectivity index (χ1v) is 12.3. The largest absolute Gasteiger partial charge is 0.457 e. The van der Waals surface area contributed by atoms with Crippen molar-refractivity contribution in [2.24, 2.45) is 0 Å². The molecule has 11 heteroatoms. The molecule has 5 rings (SSSR count). The summed E-state index contributed by atoms with van der Waals surface area (Å²) in [7, 11) is 0. The van der Waals surface area contributed by atoms with Crippen LogP contribution in [0.1, 0.15) is 41.6 Å². The number of nitrogens with zero attached hydrogens (tertiary/aromatic N) is 3. The molecule has 1 aliphatic heterocycles. The molecule has 38 heavy (non-hydrogen) atoms. The molecule has 0 saturated carbocycles. The van der Waals surface area contributed by atoms with Crippen LogP contribution in [0.4, 0.5) is 10.8 Å². The average molecular weight is 529 g/mol. The molecule has 3 aromatic carbocycles. The van der Waals surface area contributed by atoms with E-state index >= 15 is 0 Å². The number of carbonyl (C=O) groups excluding carboxylic acids is 4. The van der Waals surface area contributed by atoms with Gasteiger partial charge in [0.15, 0.2) is 6.61 Å². The van der Waals surface area contributed by atoms with Crippen molar-refractivity contribution < 1.29 is 28.7 Å². The summed E-state index contributed by atoms with van der Waals surface area (Å²) in [4.78, 5) is 51.3. The molecule has 2 heterocycles. The maximum Gasteiger partial charge on any atom is 0.338 e. The Labute approximate surface area is 220 Å². The number of rotatable bonds is 7. The summed E-state index contributed by atoms with van der Waals surface area (Å²) >= 11 is 1.11. The number of aryl methyl sites for hydroxylation is 2. The van der Waals surface area contributed by atoms with Crippen LogP contribution in [0.2, 0.25) is 0 Å². The number of anilines is 2. The Morgan fingerprint density at radius 1 is 0.921 bits per heavy atom. The Morgan fingerprint density at radius 2 is 1.66 bits per heavy atom. The summed E-state index contributed by atoms with van der Waals surface area (Å²) in [6.45, 7) is 3.11. The number of imide groups is 1. The van der Waals surface area contributed by atoms with Crippen molar-refractivity contribution in [3.63, 3.8) is 0 Å². The summed E-state index contributed by atoms with van der Waals surface area (Å²) in [5, 5.41) is 11.1. The Hall–Kier alpha value is -4.90. The number of para-hydroxylation sites is 1. The van der Waals surface area contributed by atoms with Crippen molar-refractivity contribution in [3.05, 3.63) is 94.0 Å². The zero-order valence-corrected chi connectivity index (χ0v) is 21.1. The number of fused-ring (bicyclic) bond motifs is 1. The van der Waals surface area contributed by atoms with Gasteiger partial charge in [-0.05, 0) is 67.9 Å². The third kappa shape index (κ3) is 5.00. The second kappa shape index (κ2) is 10.2. The van der Waals surface area contributed by atoms with Crippen LogP contribution in [-0.2, 0) is 9.53 Å². The number of ether oxygens (including phenoxy) is 2. The van der Waals surface area contributed by atoms with E-state index < -0.39 is 30.3 Å². The van der Waals surface area contributed by atoms with E-state index in [4.69, 9.17) is 9.47 Å². The maximum atomic E-state index is 12.8. The fourth-order valence-corrected chi connectivity index (χ4v) is 4.42. The normalized spacial score (nSPS) is 12.3. The van der Waals surface area contributed by atoms with Gasteiger partial charge in [-0.2, -0.15) is 0 Å². The minimum atomic E-state index is -0.810. The van der Waals surface area contributed by atoms with Crippen LogP contribution in [0.25, 0.3) is 0 Å². The van der Waals surface area contributed by atoms with Gasteiger partial charge in [-0.25, -0.2) is 9.69 Å². The maximum absolute atomic E-state index is 12.8. The number of carbonyl (C=O) groups is 4. The first kappa shape index (κ1) is 24.8. The fourth-order valence-electron chi connectivity index (χ4n) is 3.73. The molecular formula is C27H20N4O6S. The first-order valence-electron chi connectivity index (χ1n) is 11.4. The van der Waals surface area contributed by atoms with E-state index in [1.165, 1.54) is 18.2 Å². The number of aromatic nitrogens is 2. The van der Waals surface area contributed by atoms with Crippen LogP contribution in [0.15, 0.2) is 66.7 Å². The zero-order valence-electron chi connectivity index (χ0n) is 20.3. The fraction of sp³-hybridized carbons (Fsp3) is 0.111. The topological polar surface area (TPSA) is 128 Å². The van der Waals surface area contributed by atoms with Crippen molar-refractivity contribution in [1.82, 2.24) is 10.2 Å². The van der Waals surface area contributed by atoms with Crippen molar-refractivity contribution in [2.45, 2.75) is 13.8 Å². The molecule has 0 saturated heterocycles. The van der Waals surface area contributed by atoms with E-state index in [2.05, 4.69) is 15.5 Å². The molecule has 1 aromatic heterocycles. The van der Waals surface area contributed by atoms with Gasteiger partial charge in [0.2, 0.25) is 5.13 Å².